The third kappa shape index (κ3) is 4.35. The van der Waals surface area contributed by atoms with Gasteiger partial charge in [-0.15, -0.1) is 0 Å². The summed E-state index contributed by atoms with van der Waals surface area (Å²) in [5.74, 6) is 0.0933. The zero-order valence-electron chi connectivity index (χ0n) is 17.2. The van der Waals surface area contributed by atoms with Crippen molar-refractivity contribution in [3.05, 3.63) is 93.8 Å². The molecule has 4 aromatic rings. The van der Waals surface area contributed by atoms with Gasteiger partial charge in [-0.3, -0.25) is 4.79 Å². The molecule has 6 heteroatoms. The van der Waals surface area contributed by atoms with Gasteiger partial charge in [-0.25, -0.2) is 4.39 Å². The molecular formula is C25H21BrFNO3. The van der Waals surface area contributed by atoms with Crippen LogP contribution in [0.5, 0.6) is 5.75 Å². The van der Waals surface area contributed by atoms with E-state index >= 15 is 0 Å². The van der Waals surface area contributed by atoms with Crippen LogP contribution in [0, 0.1) is 12.7 Å². The van der Waals surface area contributed by atoms with Gasteiger partial charge in [0, 0.05) is 16.6 Å². The highest BCUT2D eigenvalue weighted by atomic mass is 79.9. The van der Waals surface area contributed by atoms with Gasteiger partial charge in [-0.1, -0.05) is 30.3 Å². The molecule has 0 aliphatic rings. The first-order chi connectivity index (χ1) is 15.0. The topological polar surface area (TPSA) is 40.5 Å². The number of hydrogen-bond donors (Lipinski definition) is 0. The van der Waals surface area contributed by atoms with Gasteiger partial charge in [0.05, 0.1) is 23.7 Å². The van der Waals surface area contributed by atoms with Crippen molar-refractivity contribution >= 4 is 32.8 Å². The molecule has 4 nitrogen and oxygen atoms in total. The van der Waals surface area contributed by atoms with E-state index in [9.17, 15) is 9.18 Å². The monoisotopic (exact) mass is 481 g/mol. The lowest BCUT2D eigenvalue weighted by atomic mass is 10.1. The number of methoxy groups -OCH3 is 1. The maximum absolute atomic E-state index is 13.8. The third-order valence-electron chi connectivity index (χ3n) is 5.18. The maximum atomic E-state index is 13.8. The van der Waals surface area contributed by atoms with Crippen LogP contribution >= 0.6 is 15.9 Å². The highest BCUT2D eigenvalue weighted by Gasteiger charge is 2.20. The molecule has 4 rings (SSSR count). The minimum atomic E-state index is -0.342. The van der Waals surface area contributed by atoms with Crippen LogP contribution in [-0.4, -0.2) is 17.6 Å². The molecule has 0 spiro atoms. The normalized spacial score (nSPS) is 11.0. The molecule has 0 amide bonds. The van der Waals surface area contributed by atoms with Crippen molar-refractivity contribution in [2.45, 2.75) is 20.0 Å². The standard InChI is InChI=1S/C25H21BrFNO3/c1-16-12-18(8-10-22(16)27)28-23-11-9-19(31-15-17-6-4-3-5-7-17)13-20(23)21(25(28)26)14-24(29)30-2/h3-13H,14-15H2,1-2H3. The summed E-state index contributed by atoms with van der Waals surface area (Å²) in [6.07, 6.45) is 0.100. The van der Waals surface area contributed by atoms with Gasteiger partial charge in [0.15, 0.2) is 0 Å². The summed E-state index contributed by atoms with van der Waals surface area (Å²) < 4.78 is 27.4. The van der Waals surface area contributed by atoms with Crippen molar-refractivity contribution in [3.8, 4) is 11.4 Å². The number of aryl methyl sites for hydroxylation is 1. The van der Waals surface area contributed by atoms with Crippen LogP contribution in [0.1, 0.15) is 16.7 Å². The van der Waals surface area contributed by atoms with Crippen molar-refractivity contribution < 1.29 is 18.7 Å². The summed E-state index contributed by atoms with van der Waals surface area (Å²) in [5, 5.41) is 0.866. The van der Waals surface area contributed by atoms with E-state index in [1.807, 2.05) is 53.1 Å². The number of fused-ring (bicyclic) bond motifs is 1. The van der Waals surface area contributed by atoms with E-state index < -0.39 is 0 Å². The molecule has 1 aromatic heterocycles. The smallest absolute Gasteiger partial charge is 0.310 e. The molecule has 0 unspecified atom stereocenters. The number of ether oxygens (including phenoxy) is 2. The second kappa shape index (κ2) is 8.94. The highest BCUT2D eigenvalue weighted by Crippen LogP contribution is 2.36. The van der Waals surface area contributed by atoms with Crippen LogP contribution in [0.15, 0.2) is 71.3 Å². The molecule has 0 bridgehead atoms. The Labute approximate surface area is 188 Å². The lowest BCUT2D eigenvalue weighted by molar-refractivity contribution is -0.139. The van der Waals surface area contributed by atoms with E-state index in [0.717, 1.165) is 32.3 Å². The van der Waals surface area contributed by atoms with Gasteiger partial charge in [-0.05, 0) is 70.4 Å². The Morgan fingerprint density at radius 3 is 2.55 bits per heavy atom. The molecule has 0 radical (unpaired) electrons. The summed E-state index contributed by atoms with van der Waals surface area (Å²) in [7, 11) is 1.37. The number of hydrogen-bond acceptors (Lipinski definition) is 3. The Hall–Kier alpha value is -3.12. The lowest BCUT2D eigenvalue weighted by Crippen LogP contribution is -2.05. The van der Waals surface area contributed by atoms with Gasteiger partial charge in [0.2, 0.25) is 0 Å². The number of aromatic nitrogens is 1. The lowest BCUT2D eigenvalue weighted by Gasteiger charge is -2.10. The minimum absolute atomic E-state index is 0.100. The van der Waals surface area contributed by atoms with E-state index in [1.165, 1.54) is 13.2 Å². The van der Waals surface area contributed by atoms with Crippen LogP contribution in [-0.2, 0) is 22.6 Å². The molecule has 0 saturated carbocycles. The van der Waals surface area contributed by atoms with Crippen molar-refractivity contribution in [1.29, 1.82) is 0 Å². The predicted molar refractivity (Wildman–Crippen MR) is 122 cm³/mol. The summed E-state index contributed by atoms with van der Waals surface area (Å²) in [6, 6.07) is 20.6. The largest absolute Gasteiger partial charge is 0.489 e. The Kier molecular flexibility index (Phi) is 6.09. The molecule has 3 aromatic carbocycles. The van der Waals surface area contributed by atoms with Crippen LogP contribution in [0.2, 0.25) is 0 Å². The molecule has 0 fully saturated rings. The quantitative estimate of drug-likeness (QED) is 0.310. The average molecular weight is 482 g/mol. The SMILES string of the molecule is COC(=O)Cc1c(Br)n(-c2ccc(F)c(C)c2)c2ccc(OCc3ccccc3)cc12. The number of carbonyl (C=O) groups is 1. The van der Waals surface area contributed by atoms with Crippen LogP contribution in [0.4, 0.5) is 4.39 Å². The van der Waals surface area contributed by atoms with Crippen molar-refractivity contribution in [2.75, 3.05) is 7.11 Å². The zero-order valence-corrected chi connectivity index (χ0v) is 18.8. The van der Waals surface area contributed by atoms with E-state index in [0.29, 0.717) is 17.9 Å². The Balaban J connectivity index is 1.80. The molecule has 0 saturated heterocycles. The molecule has 31 heavy (non-hydrogen) atoms. The van der Waals surface area contributed by atoms with Crippen molar-refractivity contribution in [1.82, 2.24) is 4.57 Å². The Morgan fingerprint density at radius 2 is 1.84 bits per heavy atom. The molecule has 0 aliphatic carbocycles. The molecule has 0 atom stereocenters. The zero-order chi connectivity index (χ0) is 22.0. The van der Waals surface area contributed by atoms with Gasteiger partial charge < -0.3 is 14.0 Å². The fourth-order valence-corrected chi connectivity index (χ4v) is 4.29. The van der Waals surface area contributed by atoms with E-state index in [2.05, 4.69) is 15.9 Å². The Bertz CT molecular complexity index is 1250. The first-order valence-corrected chi connectivity index (χ1v) is 10.6. The van der Waals surface area contributed by atoms with E-state index in [-0.39, 0.29) is 18.2 Å². The van der Waals surface area contributed by atoms with Gasteiger partial charge >= 0.3 is 5.97 Å². The van der Waals surface area contributed by atoms with Crippen LogP contribution < -0.4 is 4.74 Å². The summed E-state index contributed by atoms with van der Waals surface area (Å²) in [4.78, 5) is 12.1. The van der Waals surface area contributed by atoms with Gasteiger partial charge in [0.1, 0.15) is 18.2 Å². The summed E-state index contributed by atoms with van der Waals surface area (Å²) in [5.41, 5.74) is 4.07. The molecule has 0 N–H and O–H groups in total. The van der Waals surface area contributed by atoms with E-state index in [1.54, 1.807) is 19.1 Å². The Morgan fingerprint density at radius 1 is 1.06 bits per heavy atom. The van der Waals surface area contributed by atoms with Crippen molar-refractivity contribution in [2.24, 2.45) is 0 Å². The fourth-order valence-electron chi connectivity index (χ4n) is 3.54. The van der Waals surface area contributed by atoms with Gasteiger partial charge in [0.25, 0.3) is 0 Å². The maximum Gasteiger partial charge on any atom is 0.310 e. The number of esters is 1. The molecule has 158 valence electrons. The highest BCUT2D eigenvalue weighted by molar-refractivity contribution is 9.10. The van der Waals surface area contributed by atoms with E-state index in [4.69, 9.17) is 9.47 Å². The van der Waals surface area contributed by atoms with Crippen LogP contribution in [0.3, 0.4) is 0 Å². The second-order valence-electron chi connectivity index (χ2n) is 7.24. The minimum Gasteiger partial charge on any atom is -0.489 e. The van der Waals surface area contributed by atoms with Crippen molar-refractivity contribution in [3.63, 3.8) is 0 Å². The van der Waals surface area contributed by atoms with Gasteiger partial charge in [-0.2, -0.15) is 0 Å². The number of benzene rings is 3. The molecule has 0 aliphatic heterocycles. The van der Waals surface area contributed by atoms with Crippen LogP contribution in [0.25, 0.3) is 16.6 Å². The number of nitrogens with zero attached hydrogens (tertiary/aromatic N) is 1. The first-order valence-electron chi connectivity index (χ1n) is 9.81. The average Bonchev–Trinajstić information content (AvgIpc) is 3.05. The second-order valence-corrected chi connectivity index (χ2v) is 8.00. The predicted octanol–water partition coefficient (Wildman–Crippen LogP) is 6.14. The number of carbonyl (C=O) groups excluding carboxylic acids is 1. The number of halogens is 2. The number of rotatable bonds is 6. The molecular weight excluding hydrogens is 461 g/mol. The first kappa shape index (κ1) is 21.1. The third-order valence-corrected chi connectivity index (χ3v) is 6.01. The molecule has 1 heterocycles. The fraction of sp³-hybridized carbons (Fsp3) is 0.160. The summed E-state index contributed by atoms with van der Waals surface area (Å²) >= 11 is 3.65. The summed E-state index contributed by atoms with van der Waals surface area (Å²) in [6.45, 7) is 2.17.